The molecule has 12 heavy (non-hydrogen) atoms. The maximum Gasteiger partial charge on any atom is 0.138 e. The normalized spacial score (nSPS) is 25.8. The summed E-state index contributed by atoms with van der Waals surface area (Å²) >= 11 is 0. The summed E-state index contributed by atoms with van der Waals surface area (Å²) < 4.78 is 0. The van der Waals surface area contributed by atoms with Crippen molar-refractivity contribution in [2.75, 3.05) is 0 Å². The lowest BCUT2D eigenvalue weighted by atomic mass is 9.90. The van der Waals surface area contributed by atoms with Crippen LogP contribution in [0.2, 0.25) is 0 Å². The monoisotopic (exact) mass is 161 g/mol. The lowest BCUT2D eigenvalue weighted by molar-refractivity contribution is 0.709. The van der Waals surface area contributed by atoms with Gasteiger partial charge in [-0.2, -0.15) is 5.11 Å². The Kier molecular flexibility index (Phi) is 1.64. The van der Waals surface area contributed by atoms with Crippen LogP contribution < -0.4 is 0 Å². The molecule has 0 fully saturated rings. The molecule has 3 nitrogen and oxygen atoms in total. The third-order valence-electron chi connectivity index (χ3n) is 2.15. The third kappa shape index (κ3) is 1.02. The number of rotatable bonds is 1. The summed E-state index contributed by atoms with van der Waals surface area (Å²) in [6, 6.07) is 0.106. The topological polar surface area (TPSA) is 37.1 Å². The van der Waals surface area contributed by atoms with Gasteiger partial charge in [0, 0.05) is 0 Å². The van der Waals surface area contributed by atoms with Crippen LogP contribution in [-0.2, 0) is 0 Å². The second-order valence-corrected chi connectivity index (χ2v) is 3.31. The van der Waals surface area contributed by atoms with E-state index in [0.29, 0.717) is 5.92 Å². The maximum atomic E-state index is 4.06. The van der Waals surface area contributed by atoms with E-state index >= 15 is 0 Å². The Morgan fingerprint density at radius 2 is 2.25 bits per heavy atom. The smallest absolute Gasteiger partial charge is 0.138 e. The predicted octanol–water partition coefficient (Wildman–Crippen LogP) is 2.33. The van der Waals surface area contributed by atoms with E-state index in [-0.39, 0.29) is 6.04 Å². The summed E-state index contributed by atoms with van der Waals surface area (Å²) in [6.45, 7) is 4.33. The summed E-state index contributed by atoms with van der Waals surface area (Å²) in [7, 11) is 0. The molecule has 0 radical (unpaired) electrons. The SMILES string of the molecule is CC(C)C1=CC=CC2=NN=NC12. The summed E-state index contributed by atoms with van der Waals surface area (Å²) in [5.41, 5.74) is 2.28. The fraction of sp³-hybridized carbons (Fsp3) is 0.444. The van der Waals surface area contributed by atoms with Gasteiger partial charge < -0.3 is 0 Å². The highest BCUT2D eigenvalue weighted by Gasteiger charge is 2.25. The second-order valence-electron chi connectivity index (χ2n) is 3.31. The first kappa shape index (κ1) is 7.40. The molecule has 1 aliphatic heterocycles. The number of allylic oxidation sites excluding steroid dienone is 2. The highest BCUT2D eigenvalue weighted by atomic mass is 15.4. The lowest BCUT2D eigenvalue weighted by Gasteiger charge is -2.17. The standard InChI is InChI=1S/C9H11N3/c1-6(2)7-4-3-5-8-9(7)11-12-10-8/h3-6,9H,1-2H3. The number of nitrogens with zero attached hydrogens (tertiary/aromatic N) is 3. The highest BCUT2D eigenvalue weighted by Crippen LogP contribution is 2.25. The Morgan fingerprint density at radius 1 is 1.42 bits per heavy atom. The molecule has 1 unspecified atom stereocenters. The molecule has 1 atom stereocenters. The predicted molar refractivity (Wildman–Crippen MR) is 48.1 cm³/mol. The van der Waals surface area contributed by atoms with Crippen LogP contribution in [0.15, 0.2) is 39.2 Å². The third-order valence-corrected chi connectivity index (χ3v) is 2.15. The first-order valence-corrected chi connectivity index (χ1v) is 4.15. The van der Waals surface area contributed by atoms with Gasteiger partial charge in [-0.25, -0.2) is 0 Å². The fourth-order valence-corrected chi connectivity index (χ4v) is 1.46. The van der Waals surface area contributed by atoms with E-state index in [1.165, 1.54) is 5.57 Å². The number of hydrogen-bond acceptors (Lipinski definition) is 3. The first-order chi connectivity index (χ1) is 5.79. The van der Waals surface area contributed by atoms with Crippen molar-refractivity contribution in [2.24, 2.45) is 21.4 Å². The molecule has 0 aromatic rings. The Bertz CT molecular complexity index is 308. The Labute approximate surface area is 71.6 Å². The van der Waals surface area contributed by atoms with E-state index < -0.39 is 0 Å². The van der Waals surface area contributed by atoms with Crippen molar-refractivity contribution < 1.29 is 0 Å². The van der Waals surface area contributed by atoms with Crippen molar-refractivity contribution in [3.63, 3.8) is 0 Å². The summed E-state index contributed by atoms with van der Waals surface area (Å²) in [5.74, 6) is 0.516. The van der Waals surface area contributed by atoms with Crippen LogP contribution in [-0.4, -0.2) is 11.8 Å². The molecular formula is C9H11N3. The van der Waals surface area contributed by atoms with E-state index in [0.717, 1.165) is 5.71 Å². The second kappa shape index (κ2) is 2.66. The van der Waals surface area contributed by atoms with Gasteiger partial charge in [0.1, 0.15) is 6.04 Å². The lowest BCUT2D eigenvalue weighted by Crippen LogP contribution is -2.21. The van der Waals surface area contributed by atoms with Crippen molar-refractivity contribution in [1.82, 2.24) is 0 Å². The van der Waals surface area contributed by atoms with Crippen LogP contribution in [0, 0.1) is 5.92 Å². The zero-order valence-corrected chi connectivity index (χ0v) is 7.23. The molecule has 0 saturated carbocycles. The molecular weight excluding hydrogens is 150 g/mol. The Morgan fingerprint density at radius 3 is 3.00 bits per heavy atom. The van der Waals surface area contributed by atoms with E-state index in [2.05, 4.69) is 35.4 Å². The van der Waals surface area contributed by atoms with Crippen molar-refractivity contribution >= 4 is 5.71 Å². The maximum absolute atomic E-state index is 4.06. The van der Waals surface area contributed by atoms with Crippen molar-refractivity contribution in [2.45, 2.75) is 19.9 Å². The molecule has 62 valence electrons. The van der Waals surface area contributed by atoms with Gasteiger partial charge in [-0.1, -0.05) is 26.0 Å². The van der Waals surface area contributed by atoms with Gasteiger partial charge in [0.15, 0.2) is 0 Å². The van der Waals surface area contributed by atoms with E-state index in [1.54, 1.807) is 0 Å². The van der Waals surface area contributed by atoms with Crippen molar-refractivity contribution in [1.29, 1.82) is 0 Å². The van der Waals surface area contributed by atoms with Gasteiger partial charge in [-0.15, -0.1) is 5.10 Å². The van der Waals surface area contributed by atoms with E-state index in [9.17, 15) is 0 Å². The van der Waals surface area contributed by atoms with Gasteiger partial charge >= 0.3 is 0 Å². The Balaban J connectivity index is 2.35. The number of hydrogen-bond donors (Lipinski definition) is 0. The first-order valence-electron chi connectivity index (χ1n) is 4.15. The Hall–Kier alpha value is -1.25. The van der Waals surface area contributed by atoms with Crippen molar-refractivity contribution in [3.05, 3.63) is 23.8 Å². The fourth-order valence-electron chi connectivity index (χ4n) is 1.46. The molecule has 0 amide bonds. The summed E-state index contributed by atoms with van der Waals surface area (Å²) in [5, 5.41) is 11.7. The van der Waals surface area contributed by atoms with Gasteiger partial charge in [0.05, 0.1) is 5.71 Å². The molecule has 2 aliphatic rings. The molecule has 1 heterocycles. The highest BCUT2D eigenvalue weighted by molar-refractivity contribution is 6.03. The van der Waals surface area contributed by atoms with Crippen molar-refractivity contribution in [3.8, 4) is 0 Å². The molecule has 1 aliphatic carbocycles. The van der Waals surface area contributed by atoms with Crippen LogP contribution >= 0.6 is 0 Å². The molecule has 0 bridgehead atoms. The molecule has 3 heteroatoms. The van der Waals surface area contributed by atoms with E-state index in [4.69, 9.17) is 0 Å². The average molecular weight is 161 g/mol. The van der Waals surface area contributed by atoms with Crippen LogP contribution in [0.3, 0.4) is 0 Å². The largest absolute Gasteiger partial charge is 0.154 e. The molecule has 0 N–H and O–H groups in total. The summed E-state index contributed by atoms with van der Waals surface area (Å²) in [6.07, 6.45) is 6.09. The zero-order chi connectivity index (χ0) is 8.55. The van der Waals surface area contributed by atoms with Crippen LogP contribution in [0.1, 0.15) is 13.8 Å². The number of fused-ring (bicyclic) bond motifs is 1. The van der Waals surface area contributed by atoms with Crippen LogP contribution in [0.5, 0.6) is 0 Å². The molecule has 0 aromatic carbocycles. The molecule has 0 spiro atoms. The minimum atomic E-state index is 0.106. The van der Waals surface area contributed by atoms with Gasteiger partial charge in [-0.3, -0.25) is 0 Å². The minimum absolute atomic E-state index is 0.106. The molecule has 0 saturated heterocycles. The molecule has 0 aromatic heterocycles. The quantitative estimate of drug-likeness (QED) is 0.566. The minimum Gasteiger partial charge on any atom is -0.154 e. The summed E-state index contributed by atoms with van der Waals surface area (Å²) in [4.78, 5) is 0. The van der Waals surface area contributed by atoms with Gasteiger partial charge in [0.2, 0.25) is 0 Å². The van der Waals surface area contributed by atoms with Crippen LogP contribution in [0.4, 0.5) is 0 Å². The average Bonchev–Trinajstić information content (AvgIpc) is 2.49. The van der Waals surface area contributed by atoms with Crippen LogP contribution in [0.25, 0.3) is 0 Å². The van der Waals surface area contributed by atoms with Gasteiger partial charge in [0.25, 0.3) is 0 Å². The van der Waals surface area contributed by atoms with Gasteiger partial charge in [-0.05, 0) is 22.8 Å². The van der Waals surface area contributed by atoms with E-state index in [1.807, 2.05) is 12.2 Å². The zero-order valence-electron chi connectivity index (χ0n) is 7.23. The molecule has 2 rings (SSSR count).